The zero-order valence-electron chi connectivity index (χ0n) is 13.4. The van der Waals surface area contributed by atoms with Gasteiger partial charge in [-0.3, -0.25) is 0 Å². The van der Waals surface area contributed by atoms with Crippen molar-refractivity contribution in [3.8, 4) is 6.07 Å². The van der Waals surface area contributed by atoms with Gasteiger partial charge < -0.3 is 0 Å². The first-order valence-electron chi connectivity index (χ1n) is 6.87. The maximum absolute atomic E-state index is 13.7. The van der Waals surface area contributed by atoms with Crippen molar-refractivity contribution in [2.75, 3.05) is 0 Å². The fourth-order valence-electron chi connectivity index (χ4n) is 1.86. The molecule has 0 bridgehead atoms. The third-order valence-electron chi connectivity index (χ3n) is 3.72. The summed E-state index contributed by atoms with van der Waals surface area (Å²) in [5, 5.41) is 8.01. The third kappa shape index (κ3) is 4.53. The van der Waals surface area contributed by atoms with Gasteiger partial charge in [0.1, 0.15) is 0 Å². The summed E-state index contributed by atoms with van der Waals surface area (Å²) in [6, 6.07) is 0.773. The van der Waals surface area contributed by atoms with Crippen LogP contribution in [0.3, 0.4) is 0 Å². The van der Waals surface area contributed by atoms with Crippen molar-refractivity contribution in [1.29, 1.82) is 5.26 Å². The van der Waals surface area contributed by atoms with Gasteiger partial charge in [-0.15, -0.1) is 0 Å². The molecule has 0 N–H and O–H groups in total. The van der Waals surface area contributed by atoms with Crippen molar-refractivity contribution < 1.29 is 57.1 Å². The summed E-state index contributed by atoms with van der Waals surface area (Å²) in [6.45, 7) is -1.45. The van der Waals surface area contributed by atoms with E-state index in [-0.39, 0.29) is 0 Å². The van der Waals surface area contributed by atoms with E-state index in [1.54, 1.807) is 0 Å². The van der Waals surface area contributed by atoms with Crippen molar-refractivity contribution in [1.82, 2.24) is 0 Å². The normalized spacial score (nSPS) is 17.4. The van der Waals surface area contributed by atoms with E-state index in [0.29, 0.717) is 0 Å². The second-order valence-electron chi connectivity index (χ2n) is 5.92. The van der Waals surface area contributed by atoms with Crippen LogP contribution in [0.1, 0.15) is 26.7 Å². The van der Waals surface area contributed by atoms with Gasteiger partial charge in [-0.05, 0) is 0 Å². The van der Waals surface area contributed by atoms with Gasteiger partial charge in [-0.25, -0.2) is 22.0 Å². The van der Waals surface area contributed by atoms with Crippen LogP contribution in [0.5, 0.6) is 0 Å². The zero-order chi connectivity index (χ0) is 22.3. The molecule has 0 radical (unpaired) electrons. The minimum absolute atomic E-state index is 0.577. The largest absolute Gasteiger partial charge is 0.378 e. The first kappa shape index (κ1) is 25.6. The zero-order valence-corrected chi connectivity index (χ0v) is 13.4. The van der Waals surface area contributed by atoms with Crippen molar-refractivity contribution in [2.45, 2.75) is 68.4 Å². The van der Waals surface area contributed by atoms with Gasteiger partial charge in [0, 0.05) is 13.3 Å². The molecular weight excluding hydrogens is 417 g/mol. The molecule has 0 saturated carbocycles. The lowest BCUT2D eigenvalue weighted by molar-refractivity contribution is -0.383. The fraction of sp³-hybridized carbons (Fsp3) is 0.923. The molecule has 0 fully saturated rings. The smallest absolute Gasteiger partial charge is 0.241 e. The lowest BCUT2D eigenvalue weighted by atomic mass is 9.84. The highest BCUT2D eigenvalue weighted by molar-refractivity contribution is 5.07. The van der Waals surface area contributed by atoms with E-state index < -0.39 is 74.3 Å². The Kier molecular flexibility index (Phi) is 6.82. The quantitative estimate of drug-likeness (QED) is 0.407. The SMILES string of the molecule is CC(C(F)(F)C(F)CC(F)(F)CC#N)C(F)(F)C(F)(F)C(F)(F)C(C)(F)F. The topological polar surface area (TPSA) is 23.8 Å². The maximum Gasteiger partial charge on any atom is 0.378 e. The van der Waals surface area contributed by atoms with Crippen LogP contribution in [0, 0.1) is 17.2 Å². The van der Waals surface area contributed by atoms with Gasteiger partial charge in [-0.1, -0.05) is 6.92 Å². The monoisotopic (exact) mass is 429 g/mol. The Morgan fingerprint density at radius 3 is 1.56 bits per heavy atom. The van der Waals surface area contributed by atoms with Gasteiger partial charge in [-0.2, -0.15) is 40.4 Å². The maximum atomic E-state index is 13.7. The number of nitrogens with zero attached hydrogens (tertiary/aromatic N) is 1. The van der Waals surface area contributed by atoms with E-state index in [2.05, 4.69) is 0 Å². The van der Waals surface area contributed by atoms with E-state index in [0.717, 1.165) is 6.07 Å². The second kappa shape index (κ2) is 7.20. The molecule has 0 aromatic heterocycles. The highest BCUT2D eigenvalue weighted by atomic mass is 19.4. The van der Waals surface area contributed by atoms with Crippen molar-refractivity contribution >= 4 is 0 Å². The molecule has 1 nitrogen and oxygen atoms in total. The number of rotatable bonds is 9. The third-order valence-corrected chi connectivity index (χ3v) is 3.72. The van der Waals surface area contributed by atoms with E-state index in [1.165, 1.54) is 0 Å². The molecule has 0 rings (SSSR count). The summed E-state index contributed by atoms with van der Waals surface area (Å²) in [5.74, 6) is -41.0. The molecular formula is C13H12F13N. The molecule has 2 atom stereocenters. The predicted octanol–water partition coefficient (Wildman–Crippen LogP) is 6.10. The molecule has 0 aromatic rings. The molecule has 0 aliphatic heterocycles. The summed E-state index contributed by atoms with van der Waals surface area (Å²) in [6.07, 6.45) is -8.67. The van der Waals surface area contributed by atoms with Gasteiger partial charge in [0.25, 0.3) is 11.8 Å². The first-order chi connectivity index (χ1) is 11.6. The van der Waals surface area contributed by atoms with Crippen LogP contribution in [0.25, 0.3) is 0 Å². The Labute approximate surface area is 144 Å². The van der Waals surface area contributed by atoms with Crippen LogP contribution in [0.4, 0.5) is 57.1 Å². The molecule has 0 aromatic carbocycles. The minimum atomic E-state index is -7.09. The molecule has 0 amide bonds. The van der Waals surface area contributed by atoms with Crippen LogP contribution in [-0.4, -0.2) is 41.7 Å². The second-order valence-corrected chi connectivity index (χ2v) is 5.92. The first-order valence-corrected chi connectivity index (χ1v) is 6.87. The molecule has 0 heterocycles. The van der Waals surface area contributed by atoms with Crippen LogP contribution < -0.4 is 0 Å². The molecule has 14 heteroatoms. The van der Waals surface area contributed by atoms with E-state index >= 15 is 0 Å². The fourth-order valence-corrected chi connectivity index (χ4v) is 1.86. The highest BCUT2D eigenvalue weighted by Gasteiger charge is 2.82. The standard InChI is InChI=1S/C13H12F13N/c1-6(10(19,20)7(14)5-9(17,18)3-4-27)11(21,22)13(25,26)12(23,24)8(2,15)16/h6-7H,3,5H2,1-2H3. The van der Waals surface area contributed by atoms with Gasteiger partial charge in [0.2, 0.25) is 0 Å². The average Bonchev–Trinajstić information content (AvgIpc) is 2.43. The number of nitriles is 1. The summed E-state index contributed by atoms with van der Waals surface area (Å²) >= 11 is 0. The Bertz CT molecular complexity index is 558. The molecule has 0 spiro atoms. The van der Waals surface area contributed by atoms with Gasteiger partial charge in [0.15, 0.2) is 6.17 Å². The van der Waals surface area contributed by atoms with E-state index in [9.17, 15) is 57.1 Å². The lowest BCUT2D eigenvalue weighted by Crippen LogP contribution is -2.65. The highest BCUT2D eigenvalue weighted by Crippen LogP contribution is 2.57. The van der Waals surface area contributed by atoms with Crippen molar-refractivity contribution in [3.63, 3.8) is 0 Å². The Morgan fingerprint density at radius 1 is 0.815 bits per heavy atom. The predicted molar refractivity (Wildman–Crippen MR) is 64.3 cm³/mol. The molecule has 0 saturated heterocycles. The molecule has 27 heavy (non-hydrogen) atoms. The van der Waals surface area contributed by atoms with Gasteiger partial charge >= 0.3 is 23.7 Å². The minimum Gasteiger partial charge on any atom is -0.241 e. The van der Waals surface area contributed by atoms with E-state index in [4.69, 9.17) is 5.26 Å². The Balaban J connectivity index is 5.91. The molecule has 2 unspecified atom stereocenters. The van der Waals surface area contributed by atoms with Crippen molar-refractivity contribution in [2.24, 2.45) is 5.92 Å². The molecule has 0 aliphatic carbocycles. The Morgan fingerprint density at radius 2 is 1.22 bits per heavy atom. The summed E-state index contributed by atoms with van der Waals surface area (Å²) < 4.78 is 172. The van der Waals surface area contributed by atoms with Crippen LogP contribution in [0.2, 0.25) is 0 Å². The van der Waals surface area contributed by atoms with Crippen LogP contribution in [0.15, 0.2) is 0 Å². The number of hydrogen-bond acceptors (Lipinski definition) is 1. The van der Waals surface area contributed by atoms with Crippen molar-refractivity contribution in [3.05, 3.63) is 0 Å². The lowest BCUT2D eigenvalue weighted by Gasteiger charge is -2.40. The van der Waals surface area contributed by atoms with Gasteiger partial charge in [0.05, 0.1) is 18.4 Å². The number of halogens is 13. The summed E-state index contributed by atoms with van der Waals surface area (Å²) in [4.78, 5) is 0. The molecule has 160 valence electrons. The number of hydrogen-bond donors (Lipinski definition) is 0. The number of alkyl halides is 13. The van der Waals surface area contributed by atoms with Crippen LogP contribution >= 0.6 is 0 Å². The summed E-state index contributed by atoms with van der Waals surface area (Å²) in [7, 11) is 0. The van der Waals surface area contributed by atoms with Crippen LogP contribution in [-0.2, 0) is 0 Å². The van der Waals surface area contributed by atoms with E-state index in [1.807, 2.05) is 0 Å². The molecule has 0 aliphatic rings. The Hall–Kier alpha value is -1.42. The summed E-state index contributed by atoms with van der Waals surface area (Å²) in [5.41, 5.74) is 0. The average molecular weight is 429 g/mol.